The van der Waals surface area contributed by atoms with Crippen molar-refractivity contribution in [3.05, 3.63) is 58.2 Å². The number of carbonyl (C=O) groups is 2. The molecule has 1 aromatic heterocycles. The number of aromatic nitrogens is 1. The van der Waals surface area contributed by atoms with Crippen molar-refractivity contribution >= 4 is 29.2 Å². The van der Waals surface area contributed by atoms with Crippen LogP contribution in [0.25, 0.3) is 0 Å². The van der Waals surface area contributed by atoms with Crippen LogP contribution in [0.2, 0.25) is 5.02 Å². The largest absolute Gasteiger partial charge is 0.352 e. The van der Waals surface area contributed by atoms with Gasteiger partial charge in [0.2, 0.25) is 5.91 Å². The molecule has 3 rings (SSSR count). The Balaban J connectivity index is 1.50. The van der Waals surface area contributed by atoms with E-state index in [4.69, 9.17) is 11.6 Å². The fraction of sp³-hybridized carbons (Fsp3) is 0.350. The molecule has 27 heavy (non-hydrogen) atoms. The summed E-state index contributed by atoms with van der Waals surface area (Å²) < 4.78 is 0. The van der Waals surface area contributed by atoms with Crippen LogP contribution in [-0.2, 0) is 4.79 Å². The Morgan fingerprint density at radius 1 is 1.11 bits per heavy atom. The standard InChI is InChI=1S/C20H23ClN4O2/c1-14-5-6-16(12-15(14)2)20(27)23-13-18(26)24-8-10-25(11-9-24)19-17(21)4-3-7-22-19/h3-7,12H,8-11,13H2,1-2H3,(H,23,27). The van der Waals surface area contributed by atoms with Crippen LogP contribution in [0, 0.1) is 13.8 Å². The Morgan fingerprint density at radius 2 is 1.85 bits per heavy atom. The number of piperazine rings is 1. The van der Waals surface area contributed by atoms with E-state index in [0.29, 0.717) is 36.8 Å². The van der Waals surface area contributed by atoms with Gasteiger partial charge in [-0.2, -0.15) is 0 Å². The van der Waals surface area contributed by atoms with Crippen molar-refractivity contribution in [1.29, 1.82) is 0 Å². The summed E-state index contributed by atoms with van der Waals surface area (Å²) in [6, 6.07) is 9.13. The molecular formula is C20H23ClN4O2. The number of benzene rings is 1. The van der Waals surface area contributed by atoms with Crippen molar-refractivity contribution in [2.75, 3.05) is 37.6 Å². The van der Waals surface area contributed by atoms with Crippen molar-refractivity contribution in [1.82, 2.24) is 15.2 Å². The molecule has 0 saturated carbocycles. The minimum atomic E-state index is -0.231. The second-order valence-corrected chi connectivity index (χ2v) is 7.07. The molecule has 1 aliphatic heterocycles. The van der Waals surface area contributed by atoms with Gasteiger partial charge >= 0.3 is 0 Å². The summed E-state index contributed by atoms with van der Waals surface area (Å²) in [4.78, 5) is 32.8. The molecule has 1 N–H and O–H groups in total. The first-order valence-electron chi connectivity index (χ1n) is 8.94. The van der Waals surface area contributed by atoms with Crippen LogP contribution in [0.5, 0.6) is 0 Å². The minimum absolute atomic E-state index is 0.00387. The van der Waals surface area contributed by atoms with Crippen molar-refractivity contribution in [3.8, 4) is 0 Å². The fourth-order valence-corrected chi connectivity index (χ4v) is 3.27. The smallest absolute Gasteiger partial charge is 0.251 e. The summed E-state index contributed by atoms with van der Waals surface area (Å²) in [6.07, 6.45) is 1.71. The number of aryl methyl sites for hydroxylation is 2. The lowest BCUT2D eigenvalue weighted by Gasteiger charge is -2.35. The number of halogens is 1. The summed E-state index contributed by atoms with van der Waals surface area (Å²) in [5, 5.41) is 3.33. The first-order valence-corrected chi connectivity index (χ1v) is 9.32. The molecule has 6 nitrogen and oxygen atoms in total. The molecule has 0 bridgehead atoms. The first-order chi connectivity index (χ1) is 13.0. The predicted molar refractivity (Wildman–Crippen MR) is 106 cm³/mol. The molecule has 1 aliphatic rings. The second kappa shape index (κ2) is 8.39. The summed E-state index contributed by atoms with van der Waals surface area (Å²) in [7, 11) is 0. The van der Waals surface area contributed by atoms with Crippen LogP contribution < -0.4 is 10.2 Å². The molecule has 0 aliphatic carbocycles. The first kappa shape index (κ1) is 19.2. The van der Waals surface area contributed by atoms with Crippen LogP contribution in [0.1, 0.15) is 21.5 Å². The topological polar surface area (TPSA) is 65.5 Å². The predicted octanol–water partition coefficient (Wildman–Crippen LogP) is 2.43. The van der Waals surface area contributed by atoms with E-state index in [2.05, 4.69) is 15.2 Å². The molecular weight excluding hydrogens is 364 g/mol. The maximum Gasteiger partial charge on any atom is 0.251 e. The Kier molecular flexibility index (Phi) is 5.96. The van der Waals surface area contributed by atoms with Gasteiger partial charge in [0.15, 0.2) is 0 Å². The van der Waals surface area contributed by atoms with E-state index in [1.807, 2.05) is 32.0 Å². The Bertz CT molecular complexity index is 848. The average molecular weight is 387 g/mol. The quantitative estimate of drug-likeness (QED) is 0.876. The van der Waals surface area contributed by atoms with Gasteiger partial charge in [-0.1, -0.05) is 17.7 Å². The number of hydrogen-bond donors (Lipinski definition) is 1. The summed E-state index contributed by atoms with van der Waals surface area (Å²) >= 11 is 6.19. The van der Waals surface area contributed by atoms with Gasteiger partial charge in [0.25, 0.3) is 5.91 Å². The minimum Gasteiger partial charge on any atom is -0.352 e. The maximum atomic E-state index is 12.4. The summed E-state index contributed by atoms with van der Waals surface area (Å²) in [6.45, 7) is 6.43. The van der Waals surface area contributed by atoms with Gasteiger partial charge in [-0.25, -0.2) is 4.98 Å². The van der Waals surface area contributed by atoms with Gasteiger partial charge in [-0.05, 0) is 49.2 Å². The zero-order valence-electron chi connectivity index (χ0n) is 15.5. The van der Waals surface area contributed by atoms with E-state index in [1.165, 1.54) is 0 Å². The van der Waals surface area contributed by atoms with Gasteiger partial charge in [-0.3, -0.25) is 9.59 Å². The zero-order valence-corrected chi connectivity index (χ0v) is 16.3. The highest BCUT2D eigenvalue weighted by atomic mass is 35.5. The van der Waals surface area contributed by atoms with Crippen LogP contribution in [0.15, 0.2) is 36.5 Å². The van der Waals surface area contributed by atoms with E-state index in [9.17, 15) is 9.59 Å². The van der Waals surface area contributed by atoms with E-state index in [0.717, 1.165) is 16.9 Å². The van der Waals surface area contributed by atoms with Crippen molar-refractivity contribution in [2.24, 2.45) is 0 Å². The van der Waals surface area contributed by atoms with Crippen LogP contribution in [-0.4, -0.2) is 54.4 Å². The van der Waals surface area contributed by atoms with Crippen LogP contribution in [0.4, 0.5) is 5.82 Å². The molecule has 0 atom stereocenters. The number of hydrogen-bond acceptors (Lipinski definition) is 4. The van der Waals surface area contributed by atoms with Gasteiger partial charge in [0.1, 0.15) is 5.82 Å². The highest BCUT2D eigenvalue weighted by molar-refractivity contribution is 6.32. The van der Waals surface area contributed by atoms with Crippen molar-refractivity contribution < 1.29 is 9.59 Å². The third-order valence-corrected chi connectivity index (χ3v) is 5.14. The Labute approximate surface area is 164 Å². The molecule has 0 spiro atoms. The molecule has 1 aromatic carbocycles. The van der Waals surface area contributed by atoms with E-state index < -0.39 is 0 Å². The number of carbonyl (C=O) groups excluding carboxylic acids is 2. The highest BCUT2D eigenvalue weighted by Crippen LogP contribution is 2.23. The normalized spacial score (nSPS) is 14.2. The molecule has 1 fully saturated rings. The van der Waals surface area contributed by atoms with E-state index >= 15 is 0 Å². The lowest BCUT2D eigenvalue weighted by molar-refractivity contribution is -0.130. The van der Waals surface area contributed by atoms with Crippen molar-refractivity contribution in [3.63, 3.8) is 0 Å². The average Bonchev–Trinajstić information content (AvgIpc) is 2.68. The number of anilines is 1. The Morgan fingerprint density at radius 3 is 2.52 bits per heavy atom. The zero-order chi connectivity index (χ0) is 19.4. The molecule has 2 amide bonds. The van der Waals surface area contributed by atoms with Crippen molar-refractivity contribution in [2.45, 2.75) is 13.8 Å². The van der Waals surface area contributed by atoms with E-state index in [1.54, 1.807) is 23.2 Å². The Hall–Kier alpha value is -2.60. The number of pyridine rings is 1. The molecule has 1 saturated heterocycles. The molecule has 0 unspecified atom stereocenters. The van der Waals surface area contributed by atoms with E-state index in [-0.39, 0.29) is 18.4 Å². The summed E-state index contributed by atoms with van der Waals surface area (Å²) in [5.41, 5.74) is 2.76. The van der Waals surface area contributed by atoms with Gasteiger partial charge < -0.3 is 15.1 Å². The number of nitrogens with zero attached hydrogens (tertiary/aromatic N) is 3. The molecule has 142 valence electrons. The van der Waals surface area contributed by atoms with Gasteiger partial charge in [-0.15, -0.1) is 0 Å². The van der Waals surface area contributed by atoms with Crippen LogP contribution >= 0.6 is 11.6 Å². The monoisotopic (exact) mass is 386 g/mol. The third-order valence-electron chi connectivity index (χ3n) is 4.84. The highest BCUT2D eigenvalue weighted by Gasteiger charge is 2.23. The SMILES string of the molecule is Cc1ccc(C(=O)NCC(=O)N2CCN(c3ncccc3Cl)CC2)cc1C. The number of amides is 2. The van der Waals surface area contributed by atoms with Gasteiger partial charge in [0.05, 0.1) is 11.6 Å². The molecule has 2 heterocycles. The number of rotatable bonds is 4. The second-order valence-electron chi connectivity index (χ2n) is 6.66. The van der Waals surface area contributed by atoms with Crippen LogP contribution in [0.3, 0.4) is 0 Å². The third kappa shape index (κ3) is 4.57. The maximum absolute atomic E-state index is 12.4. The fourth-order valence-electron chi connectivity index (χ4n) is 3.03. The lowest BCUT2D eigenvalue weighted by atomic mass is 10.1. The lowest BCUT2D eigenvalue weighted by Crippen LogP contribution is -2.51. The molecule has 2 aromatic rings. The molecule has 7 heteroatoms. The summed E-state index contributed by atoms with van der Waals surface area (Å²) in [5.74, 6) is 0.429. The van der Waals surface area contributed by atoms with Gasteiger partial charge in [0, 0.05) is 37.9 Å². The molecule has 0 radical (unpaired) electrons. The number of nitrogens with one attached hydrogen (secondary N) is 1.